The summed E-state index contributed by atoms with van der Waals surface area (Å²) in [5.74, 6) is 0.295. The van der Waals surface area contributed by atoms with Gasteiger partial charge < -0.3 is 14.5 Å². The van der Waals surface area contributed by atoms with Crippen molar-refractivity contribution >= 4 is 22.8 Å². The van der Waals surface area contributed by atoms with E-state index in [4.69, 9.17) is 9.15 Å². The highest BCUT2D eigenvalue weighted by Crippen LogP contribution is 2.21. The Balaban J connectivity index is 1.26. The molecule has 4 aromatic rings. The Hall–Kier alpha value is -3.94. The molecule has 2 N–H and O–H groups in total. The maximum Gasteiger partial charge on any atom is 0.307 e. The van der Waals surface area contributed by atoms with Gasteiger partial charge in [0.1, 0.15) is 18.1 Å². The number of hydrogen-bond acceptors (Lipinski definition) is 6. The summed E-state index contributed by atoms with van der Waals surface area (Å²) in [6.45, 7) is 1.93. The molecular weight excluding hydrogens is 384 g/mol. The number of esters is 1. The molecule has 0 spiro atoms. The first-order valence-corrected chi connectivity index (χ1v) is 9.50. The Kier molecular flexibility index (Phi) is 5.56. The van der Waals surface area contributed by atoms with Gasteiger partial charge in [0.05, 0.1) is 11.9 Å². The lowest BCUT2D eigenvalue weighted by atomic mass is 10.2. The monoisotopic (exact) mass is 404 g/mol. The number of amides is 1. The molecule has 0 unspecified atom stereocenters. The number of carbonyl (C=O) groups is 2. The summed E-state index contributed by atoms with van der Waals surface area (Å²) in [6.07, 6.45) is 0.0382. The predicted octanol–water partition coefficient (Wildman–Crippen LogP) is 3.39. The van der Waals surface area contributed by atoms with E-state index in [0.717, 1.165) is 16.5 Å². The minimum absolute atomic E-state index is 0.0128. The van der Waals surface area contributed by atoms with Gasteiger partial charge in [0.15, 0.2) is 5.69 Å². The van der Waals surface area contributed by atoms with Crippen LogP contribution in [-0.2, 0) is 16.1 Å². The van der Waals surface area contributed by atoms with Crippen LogP contribution in [0.5, 0.6) is 0 Å². The van der Waals surface area contributed by atoms with E-state index in [2.05, 4.69) is 20.5 Å². The molecule has 0 radical (unpaired) electrons. The van der Waals surface area contributed by atoms with E-state index in [1.165, 1.54) is 0 Å². The summed E-state index contributed by atoms with van der Waals surface area (Å²) in [5, 5.41) is 10.3. The highest BCUT2D eigenvalue weighted by atomic mass is 16.5. The third-order valence-electron chi connectivity index (χ3n) is 4.58. The molecule has 0 fully saturated rings. The molecule has 4 rings (SSSR count). The highest BCUT2D eigenvalue weighted by Gasteiger charge is 2.15. The number of oxazole rings is 1. The van der Waals surface area contributed by atoms with Crippen molar-refractivity contribution in [3.8, 4) is 11.5 Å². The lowest BCUT2D eigenvalue weighted by Gasteiger charge is -2.05. The average molecular weight is 404 g/mol. The second kappa shape index (κ2) is 8.60. The van der Waals surface area contributed by atoms with Gasteiger partial charge in [-0.3, -0.25) is 14.7 Å². The van der Waals surface area contributed by atoms with Crippen LogP contribution in [0.1, 0.15) is 28.4 Å². The van der Waals surface area contributed by atoms with Crippen molar-refractivity contribution in [2.75, 3.05) is 6.54 Å². The normalized spacial score (nSPS) is 10.8. The number of aromatic nitrogens is 3. The van der Waals surface area contributed by atoms with Crippen molar-refractivity contribution in [1.29, 1.82) is 0 Å². The second-order valence-corrected chi connectivity index (χ2v) is 6.67. The Morgan fingerprint density at radius 2 is 1.87 bits per heavy atom. The van der Waals surface area contributed by atoms with E-state index in [1.807, 2.05) is 54.6 Å². The fourth-order valence-electron chi connectivity index (χ4n) is 2.99. The fourth-order valence-corrected chi connectivity index (χ4v) is 2.99. The quantitative estimate of drug-likeness (QED) is 0.457. The van der Waals surface area contributed by atoms with Gasteiger partial charge in [-0.05, 0) is 25.1 Å². The molecular formula is C22H20N4O4. The van der Waals surface area contributed by atoms with Crippen LogP contribution in [0.2, 0.25) is 0 Å². The molecule has 2 heterocycles. The Labute approximate surface area is 172 Å². The molecule has 2 aromatic carbocycles. The highest BCUT2D eigenvalue weighted by molar-refractivity contribution is 6.04. The molecule has 8 nitrogen and oxygen atoms in total. The van der Waals surface area contributed by atoms with Gasteiger partial charge in [-0.1, -0.05) is 36.4 Å². The van der Waals surface area contributed by atoms with Crippen LogP contribution in [0.25, 0.3) is 22.4 Å². The molecule has 0 bridgehead atoms. The van der Waals surface area contributed by atoms with Crippen LogP contribution >= 0.6 is 0 Å². The summed E-state index contributed by atoms with van der Waals surface area (Å²) in [4.78, 5) is 28.7. The first-order chi connectivity index (χ1) is 14.6. The zero-order valence-electron chi connectivity index (χ0n) is 16.3. The van der Waals surface area contributed by atoms with Crippen LogP contribution in [-0.4, -0.2) is 33.6 Å². The van der Waals surface area contributed by atoms with E-state index >= 15 is 0 Å². The van der Waals surface area contributed by atoms with Crippen LogP contribution in [0, 0.1) is 6.92 Å². The Morgan fingerprint density at radius 1 is 1.10 bits per heavy atom. The lowest BCUT2D eigenvalue weighted by molar-refractivity contribution is -0.144. The summed E-state index contributed by atoms with van der Waals surface area (Å²) in [7, 11) is 0. The number of H-pyrrole nitrogens is 1. The van der Waals surface area contributed by atoms with Crippen molar-refractivity contribution in [2.24, 2.45) is 0 Å². The zero-order valence-corrected chi connectivity index (χ0v) is 16.3. The number of aromatic amines is 1. The molecule has 2 aromatic heterocycles. The van der Waals surface area contributed by atoms with Crippen molar-refractivity contribution in [1.82, 2.24) is 20.5 Å². The number of rotatable bonds is 7. The third-order valence-corrected chi connectivity index (χ3v) is 4.58. The van der Waals surface area contributed by atoms with Gasteiger partial charge in [-0.2, -0.15) is 5.10 Å². The van der Waals surface area contributed by atoms with Gasteiger partial charge in [0.25, 0.3) is 5.91 Å². The minimum Gasteiger partial charge on any atom is -0.459 e. The number of carbonyl (C=O) groups excluding carboxylic acids is 2. The largest absolute Gasteiger partial charge is 0.459 e. The molecule has 152 valence electrons. The number of fused-ring (bicyclic) bond motifs is 1. The van der Waals surface area contributed by atoms with Gasteiger partial charge in [0, 0.05) is 17.5 Å². The smallest absolute Gasteiger partial charge is 0.307 e. The van der Waals surface area contributed by atoms with Gasteiger partial charge in [-0.15, -0.1) is 0 Å². The summed E-state index contributed by atoms with van der Waals surface area (Å²) >= 11 is 0. The molecule has 0 saturated heterocycles. The number of aryl methyl sites for hydroxylation is 1. The fraction of sp³-hybridized carbons (Fsp3) is 0.182. The topological polar surface area (TPSA) is 110 Å². The van der Waals surface area contributed by atoms with Crippen molar-refractivity contribution in [2.45, 2.75) is 20.0 Å². The predicted molar refractivity (Wildman–Crippen MR) is 110 cm³/mol. The first-order valence-electron chi connectivity index (χ1n) is 9.50. The number of nitrogens with one attached hydrogen (secondary N) is 2. The number of ether oxygens (including phenoxy) is 1. The Morgan fingerprint density at radius 3 is 2.70 bits per heavy atom. The summed E-state index contributed by atoms with van der Waals surface area (Å²) in [6, 6.07) is 16.8. The number of nitrogens with zero attached hydrogens (tertiary/aromatic N) is 2. The van der Waals surface area contributed by atoms with E-state index in [0.29, 0.717) is 23.0 Å². The van der Waals surface area contributed by atoms with Crippen LogP contribution in [0.3, 0.4) is 0 Å². The molecule has 0 atom stereocenters. The summed E-state index contributed by atoms with van der Waals surface area (Å²) in [5.41, 5.74) is 2.49. The molecule has 0 aliphatic rings. The van der Waals surface area contributed by atoms with Crippen molar-refractivity contribution in [3.63, 3.8) is 0 Å². The van der Waals surface area contributed by atoms with Crippen molar-refractivity contribution in [3.05, 3.63) is 71.7 Å². The SMILES string of the molecule is Cc1oc(-c2ccccc2)nc1COC(=O)CCNC(=O)c1n[nH]c2ccccc12. The molecule has 1 amide bonds. The van der Waals surface area contributed by atoms with E-state index < -0.39 is 5.97 Å². The Bertz CT molecular complexity index is 1180. The lowest BCUT2D eigenvalue weighted by Crippen LogP contribution is -2.27. The maximum absolute atomic E-state index is 12.3. The standard InChI is InChI=1S/C22H20N4O4/c1-14-18(24-22(30-14)15-7-3-2-4-8-15)13-29-19(27)11-12-23-21(28)20-16-9-5-6-10-17(16)25-26-20/h2-10H,11-13H2,1H3,(H,23,28)(H,25,26). The van der Waals surface area contributed by atoms with Crippen LogP contribution < -0.4 is 5.32 Å². The molecule has 30 heavy (non-hydrogen) atoms. The molecule has 0 aliphatic heterocycles. The molecule has 8 heteroatoms. The maximum atomic E-state index is 12.3. The van der Waals surface area contributed by atoms with E-state index in [-0.39, 0.29) is 25.5 Å². The van der Waals surface area contributed by atoms with Gasteiger partial charge in [-0.25, -0.2) is 4.98 Å². The average Bonchev–Trinajstić information content (AvgIpc) is 3.36. The summed E-state index contributed by atoms with van der Waals surface area (Å²) < 4.78 is 10.9. The van der Waals surface area contributed by atoms with Gasteiger partial charge >= 0.3 is 5.97 Å². The second-order valence-electron chi connectivity index (χ2n) is 6.67. The number of hydrogen-bond donors (Lipinski definition) is 2. The van der Waals surface area contributed by atoms with Crippen molar-refractivity contribution < 1.29 is 18.7 Å². The number of para-hydroxylation sites is 1. The molecule has 0 aliphatic carbocycles. The zero-order chi connectivity index (χ0) is 20.9. The van der Waals surface area contributed by atoms with Gasteiger partial charge in [0.2, 0.25) is 5.89 Å². The van der Waals surface area contributed by atoms with E-state index in [1.54, 1.807) is 6.92 Å². The molecule has 0 saturated carbocycles. The third kappa shape index (κ3) is 4.22. The first kappa shape index (κ1) is 19.4. The van der Waals surface area contributed by atoms with Crippen LogP contribution in [0.15, 0.2) is 59.0 Å². The number of benzene rings is 2. The minimum atomic E-state index is -0.439. The van der Waals surface area contributed by atoms with Crippen LogP contribution in [0.4, 0.5) is 0 Å². The van der Waals surface area contributed by atoms with E-state index in [9.17, 15) is 9.59 Å².